The molecule has 10 amide bonds. The third-order valence-electron chi connectivity index (χ3n) is 10.7. The van der Waals surface area contributed by atoms with Gasteiger partial charge in [0.2, 0.25) is 59.1 Å². The molecule has 1 heterocycles. The van der Waals surface area contributed by atoms with Crippen molar-refractivity contribution in [3.05, 3.63) is 35.9 Å². The van der Waals surface area contributed by atoms with Crippen LogP contribution in [0.5, 0.6) is 0 Å². The number of likely N-dealkylation sites (tertiary alicyclic amines) is 1. The van der Waals surface area contributed by atoms with Gasteiger partial charge in [0.1, 0.15) is 42.3 Å². The molecule has 1 aromatic rings. The molecule has 25 heteroatoms. The Labute approximate surface area is 379 Å². The van der Waals surface area contributed by atoms with Crippen molar-refractivity contribution in [2.24, 2.45) is 28.9 Å². The Morgan fingerprint density at radius 2 is 1.20 bits per heavy atom. The van der Waals surface area contributed by atoms with Crippen molar-refractivity contribution in [2.75, 3.05) is 6.54 Å². The van der Waals surface area contributed by atoms with E-state index in [9.17, 15) is 67.7 Å². The average Bonchev–Trinajstić information content (AvgIpc) is 3.74. The standard InChI is InChI=1S/C41H61N11O14/c1-4-20(2)33(41(65)66)51-39(63)28-11-8-16-52(28)40(64)27(17-22-9-6-5-7-10-22)50-38(62)26(19-32(56)57)49-37(61)25(18-31(45)55)48-34(58)21(3)46-36(60)24(13-15-30(44)54)47-35(59)23(42)12-14-29(43)53/h5-7,9-10,20-21,23-28,33H,4,8,11-19,42H2,1-3H3,(H2,43,53)(H2,44,54)(H2,45,55)(H,46,60)(H,47,59)(H,48,58)(H,49,61)(H,50,62)(H,51,63)(H,56,57)(H,65,66)/t20-,21-,23-,24-,25-,26-,27-,28-,33-/m0/s1. The smallest absolute Gasteiger partial charge is 0.326 e. The molecule has 2 rings (SSSR count). The number of aliphatic carboxylic acids is 2. The van der Waals surface area contributed by atoms with E-state index >= 15 is 0 Å². The largest absolute Gasteiger partial charge is 0.481 e. The lowest BCUT2D eigenvalue weighted by Gasteiger charge is -2.31. The van der Waals surface area contributed by atoms with Crippen LogP contribution < -0.4 is 54.8 Å². The SMILES string of the molecule is CC[C@H](C)[C@H](NC(=O)[C@@H]1CCCN1C(=O)[C@H](Cc1ccccc1)NC(=O)[C@H](CC(=O)O)NC(=O)[C@H](CC(N)=O)NC(=O)[C@H](C)NC(=O)[C@H](CCC(N)=O)NC(=O)[C@@H](N)CCC(N)=O)C(=O)O. The Hall–Kier alpha value is -7.18. The van der Waals surface area contributed by atoms with Gasteiger partial charge in [0.15, 0.2) is 0 Å². The summed E-state index contributed by atoms with van der Waals surface area (Å²) in [6, 6.07) is -3.64. The number of carboxylic acids is 2. The maximum atomic E-state index is 14.2. The number of nitrogens with two attached hydrogens (primary N) is 4. The number of benzene rings is 1. The lowest BCUT2D eigenvalue weighted by molar-refractivity contribution is -0.146. The second-order valence-electron chi connectivity index (χ2n) is 15.9. The molecule has 0 radical (unpaired) electrons. The van der Waals surface area contributed by atoms with Crippen LogP contribution in [0.1, 0.15) is 84.1 Å². The van der Waals surface area contributed by atoms with Gasteiger partial charge in [-0.3, -0.25) is 52.7 Å². The number of hydrogen-bond acceptors (Lipinski definition) is 13. The van der Waals surface area contributed by atoms with Crippen molar-refractivity contribution >= 4 is 71.0 Å². The van der Waals surface area contributed by atoms with E-state index in [-0.39, 0.29) is 38.6 Å². The zero-order valence-corrected chi connectivity index (χ0v) is 36.9. The van der Waals surface area contributed by atoms with Gasteiger partial charge in [-0.2, -0.15) is 0 Å². The number of rotatable bonds is 28. The van der Waals surface area contributed by atoms with Gasteiger partial charge in [0, 0.05) is 25.8 Å². The summed E-state index contributed by atoms with van der Waals surface area (Å²) < 4.78 is 0. The van der Waals surface area contributed by atoms with E-state index in [2.05, 4.69) is 31.9 Å². The van der Waals surface area contributed by atoms with Crippen LogP contribution in [0.15, 0.2) is 30.3 Å². The highest BCUT2D eigenvalue weighted by molar-refractivity contribution is 5.99. The summed E-state index contributed by atoms with van der Waals surface area (Å²) in [5.74, 6) is -13.0. The van der Waals surface area contributed by atoms with E-state index < -0.39 is 145 Å². The van der Waals surface area contributed by atoms with Crippen molar-refractivity contribution < 1.29 is 67.7 Å². The van der Waals surface area contributed by atoms with E-state index in [0.29, 0.717) is 18.4 Å². The van der Waals surface area contributed by atoms with Crippen LogP contribution in [-0.2, 0) is 64.0 Å². The van der Waals surface area contributed by atoms with Crippen molar-refractivity contribution in [3.8, 4) is 0 Å². The highest BCUT2D eigenvalue weighted by atomic mass is 16.4. The second kappa shape index (κ2) is 26.6. The van der Waals surface area contributed by atoms with E-state index in [1.807, 2.05) is 0 Å². The number of carboxylic acid groups (broad SMARTS) is 2. The molecule has 0 spiro atoms. The summed E-state index contributed by atoms with van der Waals surface area (Å²) in [5.41, 5.74) is 21.9. The van der Waals surface area contributed by atoms with Crippen LogP contribution >= 0.6 is 0 Å². The zero-order valence-electron chi connectivity index (χ0n) is 36.9. The topological polar surface area (TPSA) is 425 Å². The number of carbonyl (C=O) groups is 12. The first-order valence-corrected chi connectivity index (χ1v) is 21.2. The number of nitrogens with zero attached hydrogens (tertiary/aromatic N) is 1. The van der Waals surface area contributed by atoms with Crippen LogP contribution in [0.3, 0.4) is 0 Å². The molecule has 1 saturated heterocycles. The molecule has 25 nitrogen and oxygen atoms in total. The number of hydrogen-bond donors (Lipinski definition) is 12. The number of primary amides is 3. The number of nitrogens with one attached hydrogen (secondary N) is 6. The molecule has 1 aliphatic rings. The predicted octanol–water partition coefficient (Wildman–Crippen LogP) is -4.51. The van der Waals surface area contributed by atoms with Gasteiger partial charge in [0.25, 0.3) is 0 Å². The van der Waals surface area contributed by atoms with E-state index in [1.165, 1.54) is 4.90 Å². The normalized spacial score (nSPS) is 16.8. The molecule has 0 bridgehead atoms. The van der Waals surface area contributed by atoms with Gasteiger partial charge in [-0.05, 0) is 44.1 Å². The van der Waals surface area contributed by atoms with Gasteiger partial charge in [-0.1, -0.05) is 50.6 Å². The lowest BCUT2D eigenvalue weighted by Crippen LogP contribution is -2.60. The fraction of sp³-hybridized carbons (Fsp3) is 0.561. The van der Waals surface area contributed by atoms with Crippen molar-refractivity contribution in [1.29, 1.82) is 0 Å². The molecule has 0 aliphatic carbocycles. The fourth-order valence-corrected chi connectivity index (χ4v) is 6.76. The quantitative estimate of drug-likeness (QED) is 0.0377. The van der Waals surface area contributed by atoms with Crippen LogP contribution in [0, 0.1) is 5.92 Å². The predicted molar refractivity (Wildman–Crippen MR) is 230 cm³/mol. The molecule has 16 N–H and O–H groups in total. The van der Waals surface area contributed by atoms with Crippen molar-refractivity contribution in [3.63, 3.8) is 0 Å². The number of carbonyl (C=O) groups excluding carboxylic acids is 10. The molecule has 0 saturated carbocycles. The van der Waals surface area contributed by atoms with Gasteiger partial charge in [-0.15, -0.1) is 0 Å². The van der Waals surface area contributed by atoms with E-state index in [1.54, 1.807) is 44.2 Å². The molecular formula is C41H61N11O14. The summed E-state index contributed by atoms with van der Waals surface area (Å²) in [4.78, 5) is 154. The summed E-state index contributed by atoms with van der Waals surface area (Å²) in [6.07, 6.45) is -2.36. The molecule has 1 aliphatic heterocycles. The highest BCUT2D eigenvalue weighted by Crippen LogP contribution is 2.21. The monoisotopic (exact) mass is 931 g/mol. The Kier molecular flexibility index (Phi) is 22.1. The molecule has 1 fully saturated rings. The first-order chi connectivity index (χ1) is 30.9. The molecule has 0 aromatic heterocycles. The summed E-state index contributed by atoms with van der Waals surface area (Å²) in [6.45, 7) is 4.60. The van der Waals surface area contributed by atoms with Gasteiger partial charge >= 0.3 is 11.9 Å². The Bertz CT molecular complexity index is 1970. The third-order valence-corrected chi connectivity index (χ3v) is 10.7. The molecule has 1 aromatic carbocycles. The maximum absolute atomic E-state index is 14.2. The first kappa shape index (κ1) is 55.0. The maximum Gasteiger partial charge on any atom is 0.326 e. The summed E-state index contributed by atoms with van der Waals surface area (Å²) in [7, 11) is 0. The summed E-state index contributed by atoms with van der Waals surface area (Å²) >= 11 is 0. The van der Waals surface area contributed by atoms with Crippen molar-refractivity contribution in [1.82, 2.24) is 36.8 Å². The van der Waals surface area contributed by atoms with E-state index in [4.69, 9.17) is 22.9 Å². The van der Waals surface area contributed by atoms with E-state index in [0.717, 1.165) is 6.92 Å². The van der Waals surface area contributed by atoms with Gasteiger partial charge in [-0.25, -0.2) is 4.79 Å². The zero-order chi connectivity index (χ0) is 49.8. The Morgan fingerprint density at radius 3 is 1.74 bits per heavy atom. The van der Waals surface area contributed by atoms with Gasteiger partial charge < -0.3 is 69.9 Å². The second-order valence-corrected chi connectivity index (χ2v) is 15.9. The van der Waals surface area contributed by atoms with Crippen LogP contribution in [0.4, 0.5) is 0 Å². The molecule has 66 heavy (non-hydrogen) atoms. The minimum atomic E-state index is -1.95. The number of amides is 10. The van der Waals surface area contributed by atoms with Crippen LogP contribution in [0.2, 0.25) is 0 Å². The molecule has 364 valence electrons. The average molecular weight is 932 g/mol. The Balaban J connectivity index is 2.33. The van der Waals surface area contributed by atoms with Gasteiger partial charge in [0.05, 0.1) is 18.9 Å². The van der Waals surface area contributed by atoms with Crippen LogP contribution in [-0.4, -0.2) is 141 Å². The summed E-state index contributed by atoms with van der Waals surface area (Å²) in [5, 5.41) is 33.4. The minimum absolute atomic E-state index is 0.0526. The third kappa shape index (κ3) is 18.1. The highest BCUT2D eigenvalue weighted by Gasteiger charge is 2.41. The molecule has 0 unspecified atom stereocenters. The molecular weight excluding hydrogens is 871 g/mol. The van der Waals surface area contributed by atoms with Crippen LogP contribution in [0.25, 0.3) is 0 Å². The fourth-order valence-electron chi connectivity index (χ4n) is 6.76. The van der Waals surface area contributed by atoms with Crippen molar-refractivity contribution in [2.45, 2.75) is 133 Å². The lowest BCUT2D eigenvalue weighted by atomic mass is 9.98. The minimum Gasteiger partial charge on any atom is -0.481 e. The first-order valence-electron chi connectivity index (χ1n) is 21.2. The Morgan fingerprint density at radius 1 is 0.667 bits per heavy atom. The molecule has 9 atom stereocenters.